The Morgan fingerprint density at radius 3 is 2.39 bits per heavy atom. The summed E-state index contributed by atoms with van der Waals surface area (Å²) in [7, 11) is 0. The lowest BCUT2D eigenvalue weighted by molar-refractivity contribution is 0.781. The van der Waals surface area contributed by atoms with Crippen LogP contribution < -0.4 is 5.56 Å². The molecule has 0 spiro atoms. The van der Waals surface area contributed by atoms with Gasteiger partial charge in [0.2, 0.25) is 0 Å². The monoisotopic (exact) mass is 306 g/mol. The molecule has 0 amide bonds. The van der Waals surface area contributed by atoms with Crippen LogP contribution in [0, 0.1) is 0 Å². The number of pyridine rings is 2. The first kappa shape index (κ1) is 15.5. The van der Waals surface area contributed by atoms with E-state index in [-0.39, 0.29) is 5.56 Å². The van der Waals surface area contributed by atoms with Gasteiger partial charge in [-0.15, -0.1) is 0 Å². The molecule has 0 aliphatic heterocycles. The van der Waals surface area contributed by atoms with Crippen LogP contribution in [-0.4, -0.2) is 9.55 Å². The first-order chi connectivity index (χ1) is 11.3. The molecule has 0 atom stereocenters. The zero-order chi connectivity index (χ0) is 16.2. The summed E-state index contributed by atoms with van der Waals surface area (Å²) in [5.41, 5.74) is 3.39. The molecule has 0 aliphatic carbocycles. The SMILES string of the molecule is CCCc1c(CCC)n(-c2ccccc2)c(=O)c2ccncc12. The van der Waals surface area contributed by atoms with E-state index in [1.165, 1.54) is 5.56 Å². The molecule has 2 aromatic heterocycles. The van der Waals surface area contributed by atoms with Crippen molar-refractivity contribution < 1.29 is 0 Å². The minimum Gasteiger partial charge on any atom is -0.280 e. The number of benzene rings is 1. The van der Waals surface area contributed by atoms with E-state index < -0.39 is 0 Å². The lowest BCUT2D eigenvalue weighted by Crippen LogP contribution is -2.24. The van der Waals surface area contributed by atoms with E-state index in [0.717, 1.165) is 47.8 Å². The molecule has 3 heteroatoms. The smallest absolute Gasteiger partial charge is 0.263 e. The Morgan fingerprint density at radius 2 is 1.70 bits per heavy atom. The number of para-hydroxylation sites is 1. The van der Waals surface area contributed by atoms with E-state index in [2.05, 4.69) is 18.8 Å². The van der Waals surface area contributed by atoms with Gasteiger partial charge in [-0.25, -0.2) is 0 Å². The van der Waals surface area contributed by atoms with Crippen molar-refractivity contribution in [1.29, 1.82) is 0 Å². The highest BCUT2D eigenvalue weighted by atomic mass is 16.1. The van der Waals surface area contributed by atoms with Crippen molar-refractivity contribution in [3.05, 3.63) is 70.4 Å². The summed E-state index contributed by atoms with van der Waals surface area (Å²) in [6.45, 7) is 4.33. The predicted molar refractivity (Wildman–Crippen MR) is 95.3 cm³/mol. The van der Waals surface area contributed by atoms with Crippen LogP contribution in [0.4, 0.5) is 0 Å². The maximum absolute atomic E-state index is 13.1. The summed E-state index contributed by atoms with van der Waals surface area (Å²) < 4.78 is 1.90. The Morgan fingerprint density at radius 1 is 0.957 bits per heavy atom. The lowest BCUT2D eigenvalue weighted by Gasteiger charge is -2.19. The largest absolute Gasteiger partial charge is 0.280 e. The minimum atomic E-state index is 0.0527. The number of fused-ring (bicyclic) bond motifs is 1. The summed E-state index contributed by atoms with van der Waals surface area (Å²) >= 11 is 0. The van der Waals surface area contributed by atoms with E-state index in [1.807, 2.05) is 47.2 Å². The van der Waals surface area contributed by atoms with Gasteiger partial charge in [0.15, 0.2) is 0 Å². The molecule has 0 radical (unpaired) electrons. The van der Waals surface area contributed by atoms with Gasteiger partial charge in [-0.3, -0.25) is 14.3 Å². The van der Waals surface area contributed by atoms with Crippen LogP contribution in [0.2, 0.25) is 0 Å². The number of aryl methyl sites for hydroxylation is 1. The molecule has 3 nitrogen and oxygen atoms in total. The second-order valence-electron chi connectivity index (χ2n) is 5.82. The van der Waals surface area contributed by atoms with Crippen LogP contribution in [0.25, 0.3) is 16.5 Å². The molecule has 0 bridgehead atoms. The molecule has 3 aromatic rings. The van der Waals surface area contributed by atoms with Crippen molar-refractivity contribution in [2.75, 3.05) is 0 Å². The van der Waals surface area contributed by atoms with Crippen LogP contribution in [-0.2, 0) is 12.8 Å². The molecule has 0 aliphatic rings. The highest BCUT2D eigenvalue weighted by Crippen LogP contribution is 2.24. The Hall–Kier alpha value is -2.42. The van der Waals surface area contributed by atoms with Crippen molar-refractivity contribution in [3.63, 3.8) is 0 Å². The van der Waals surface area contributed by atoms with E-state index in [4.69, 9.17) is 0 Å². The van der Waals surface area contributed by atoms with Crippen LogP contribution in [0.1, 0.15) is 37.9 Å². The third kappa shape index (κ3) is 2.79. The van der Waals surface area contributed by atoms with Crippen molar-refractivity contribution in [2.45, 2.75) is 39.5 Å². The molecular weight excluding hydrogens is 284 g/mol. The van der Waals surface area contributed by atoms with Gasteiger partial charge in [-0.1, -0.05) is 44.9 Å². The maximum Gasteiger partial charge on any atom is 0.263 e. The Bertz CT molecular complexity index is 866. The second-order valence-corrected chi connectivity index (χ2v) is 5.82. The van der Waals surface area contributed by atoms with Crippen LogP contribution >= 0.6 is 0 Å². The average Bonchev–Trinajstić information content (AvgIpc) is 2.59. The van der Waals surface area contributed by atoms with Gasteiger partial charge < -0.3 is 0 Å². The molecule has 0 saturated carbocycles. The van der Waals surface area contributed by atoms with Crippen LogP contribution in [0.3, 0.4) is 0 Å². The predicted octanol–water partition coefficient (Wildman–Crippen LogP) is 4.29. The van der Waals surface area contributed by atoms with Crippen LogP contribution in [0.15, 0.2) is 53.6 Å². The molecule has 0 saturated heterocycles. The molecule has 1 aromatic carbocycles. The van der Waals surface area contributed by atoms with E-state index in [0.29, 0.717) is 0 Å². The standard InChI is InChI=1S/C20H22N2O/c1-3-8-16-18-14-21-13-12-17(18)20(23)22(19(16)9-4-2)15-10-6-5-7-11-15/h5-7,10-14H,3-4,8-9H2,1-2H3. The molecule has 118 valence electrons. The number of nitrogens with zero attached hydrogens (tertiary/aromatic N) is 2. The van der Waals surface area contributed by atoms with Crippen molar-refractivity contribution in [1.82, 2.24) is 9.55 Å². The molecule has 23 heavy (non-hydrogen) atoms. The summed E-state index contributed by atoms with van der Waals surface area (Å²) in [6, 6.07) is 11.8. The third-order valence-corrected chi connectivity index (χ3v) is 4.20. The fraction of sp³-hybridized carbons (Fsp3) is 0.300. The average molecular weight is 306 g/mol. The summed E-state index contributed by atoms with van der Waals surface area (Å²) in [4.78, 5) is 17.4. The number of hydrogen-bond acceptors (Lipinski definition) is 2. The number of aromatic nitrogens is 2. The zero-order valence-electron chi connectivity index (χ0n) is 13.7. The number of rotatable bonds is 5. The highest BCUT2D eigenvalue weighted by Gasteiger charge is 2.16. The number of hydrogen-bond donors (Lipinski definition) is 0. The fourth-order valence-electron chi connectivity index (χ4n) is 3.23. The lowest BCUT2D eigenvalue weighted by atomic mass is 9.98. The van der Waals surface area contributed by atoms with Gasteiger partial charge in [0, 0.05) is 29.2 Å². The van der Waals surface area contributed by atoms with Gasteiger partial charge in [0.25, 0.3) is 5.56 Å². The molecule has 0 unspecified atom stereocenters. The summed E-state index contributed by atoms with van der Waals surface area (Å²) in [5, 5.41) is 1.77. The first-order valence-electron chi connectivity index (χ1n) is 8.33. The first-order valence-corrected chi connectivity index (χ1v) is 8.33. The minimum absolute atomic E-state index is 0.0527. The van der Waals surface area contributed by atoms with Gasteiger partial charge in [-0.2, -0.15) is 0 Å². The topological polar surface area (TPSA) is 34.9 Å². The fourth-order valence-corrected chi connectivity index (χ4v) is 3.23. The van der Waals surface area contributed by atoms with Gasteiger partial charge >= 0.3 is 0 Å². The third-order valence-electron chi connectivity index (χ3n) is 4.20. The maximum atomic E-state index is 13.1. The van der Waals surface area contributed by atoms with E-state index >= 15 is 0 Å². The Labute approximate surface area is 136 Å². The van der Waals surface area contributed by atoms with Crippen molar-refractivity contribution in [3.8, 4) is 5.69 Å². The zero-order valence-corrected chi connectivity index (χ0v) is 13.7. The Balaban J connectivity index is 2.44. The molecule has 3 rings (SSSR count). The summed E-state index contributed by atoms with van der Waals surface area (Å²) in [6.07, 6.45) is 7.46. The molecule has 0 N–H and O–H groups in total. The van der Waals surface area contributed by atoms with Crippen molar-refractivity contribution in [2.24, 2.45) is 0 Å². The van der Waals surface area contributed by atoms with Gasteiger partial charge in [0.1, 0.15) is 0 Å². The molecule has 0 fully saturated rings. The normalized spacial score (nSPS) is 11.0. The van der Waals surface area contributed by atoms with Crippen LogP contribution in [0.5, 0.6) is 0 Å². The summed E-state index contributed by atoms with van der Waals surface area (Å²) in [5.74, 6) is 0. The van der Waals surface area contributed by atoms with Gasteiger partial charge in [-0.05, 0) is 36.6 Å². The van der Waals surface area contributed by atoms with Gasteiger partial charge in [0.05, 0.1) is 5.39 Å². The highest BCUT2D eigenvalue weighted by molar-refractivity contribution is 5.85. The Kier molecular flexibility index (Phi) is 4.56. The molecular formula is C20H22N2O. The molecule has 2 heterocycles. The van der Waals surface area contributed by atoms with E-state index in [9.17, 15) is 4.79 Å². The second kappa shape index (κ2) is 6.78. The van der Waals surface area contributed by atoms with E-state index in [1.54, 1.807) is 6.20 Å². The van der Waals surface area contributed by atoms with Crippen molar-refractivity contribution >= 4 is 10.8 Å². The quantitative estimate of drug-likeness (QED) is 0.705.